The van der Waals surface area contributed by atoms with Gasteiger partial charge in [-0.15, -0.1) is 0 Å². The van der Waals surface area contributed by atoms with Crippen molar-refractivity contribution < 1.29 is 23.6 Å². The molecule has 3 rings (SSSR count). The summed E-state index contributed by atoms with van der Waals surface area (Å²) in [6.45, 7) is 3.00. The number of aryl methyl sites for hydroxylation is 1. The van der Waals surface area contributed by atoms with Crippen molar-refractivity contribution in [1.82, 2.24) is 9.78 Å². The topological polar surface area (TPSA) is 116 Å². The van der Waals surface area contributed by atoms with Gasteiger partial charge in [-0.2, -0.15) is 5.10 Å². The van der Waals surface area contributed by atoms with Crippen molar-refractivity contribution in [2.24, 2.45) is 0 Å². The minimum Gasteiger partial charge on any atom is -0.452 e. The molecule has 0 aliphatic carbocycles. The maximum absolute atomic E-state index is 13.2. The number of benzene rings is 2. The molecule has 0 bridgehead atoms. The molecule has 0 atom stereocenters. The van der Waals surface area contributed by atoms with E-state index in [0.717, 1.165) is 29.1 Å². The fraction of sp³-hybridized carbons (Fsp3) is 0.136. The number of ether oxygens (including phenoxy) is 1. The van der Waals surface area contributed by atoms with Crippen molar-refractivity contribution in [2.45, 2.75) is 13.8 Å². The molecule has 1 amide bonds. The molecule has 0 radical (unpaired) electrons. The van der Waals surface area contributed by atoms with E-state index in [1.807, 2.05) is 37.3 Å². The monoisotopic (exact) mass is 438 g/mol. The van der Waals surface area contributed by atoms with Crippen LogP contribution in [-0.2, 0) is 14.3 Å². The lowest BCUT2D eigenvalue weighted by atomic mass is 10.2. The average Bonchev–Trinajstić information content (AvgIpc) is 3.05. The third-order valence-corrected chi connectivity index (χ3v) is 4.51. The Morgan fingerprint density at radius 3 is 2.62 bits per heavy atom. The normalized spacial score (nSPS) is 10.8. The van der Waals surface area contributed by atoms with Crippen molar-refractivity contribution in [3.63, 3.8) is 0 Å². The van der Waals surface area contributed by atoms with E-state index in [-0.39, 0.29) is 5.69 Å². The number of halogens is 1. The molecule has 0 aliphatic rings. The van der Waals surface area contributed by atoms with Crippen molar-refractivity contribution in [3.8, 4) is 5.69 Å². The lowest BCUT2D eigenvalue weighted by Gasteiger charge is -2.06. The molecule has 0 saturated carbocycles. The Kier molecular flexibility index (Phi) is 6.74. The Morgan fingerprint density at radius 2 is 1.94 bits per heavy atom. The van der Waals surface area contributed by atoms with E-state index >= 15 is 0 Å². The Hall–Kier alpha value is -4.34. The summed E-state index contributed by atoms with van der Waals surface area (Å²) in [5.74, 6) is -2.39. The molecule has 0 spiro atoms. The molecule has 9 nitrogen and oxygen atoms in total. The van der Waals surface area contributed by atoms with E-state index in [9.17, 15) is 24.1 Å². The third-order valence-electron chi connectivity index (χ3n) is 4.51. The van der Waals surface area contributed by atoms with Gasteiger partial charge in [0, 0.05) is 17.3 Å². The molecule has 0 saturated heterocycles. The summed E-state index contributed by atoms with van der Waals surface area (Å²) in [5, 5.41) is 17.7. The lowest BCUT2D eigenvalue weighted by molar-refractivity contribution is -0.384. The SMILES string of the molecule is Cc1nn(-c2ccccc2)c(C)c1C=CC(=O)OCC(=O)Nc1ccc(F)cc1[N+](=O)[O-]. The summed E-state index contributed by atoms with van der Waals surface area (Å²) in [5.41, 5.74) is 2.33. The van der Waals surface area contributed by atoms with E-state index in [1.165, 1.54) is 6.08 Å². The number of nitro groups is 1. The molecule has 0 aliphatic heterocycles. The summed E-state index contributed by atoms with van der Waals surface area (Å²) in [6.07, 6.45) is 2.71. The minimum absolute atomic E-state index is 0.201. The number of hydrogen-bond acceptors (Lipinski definition) is 6. The molecule has 0 unspecified atom stereocenters. The van der Waals surface area contributed by atoms with Gasteiger partial charge >= 0.3 is 5.97 Å². The maximum Gasteiger partial charge on any atom is 0.331 e. The van der Waals surface area contributed by atoms with Crippen molar-refractivity contribution >= 4 is 29.3 Å². The van der Waals surface area contributed by atoms with Crippen molar-refractivity contribution in [2.75, 3.05) is 11.9 Å². The Morgan fingerprint density at radius 1 is 1.22 bits per heavy atom. The number of amides is 1. The van der Waals surface area contributed by atoms with Crippen LogP contribution in [0.15, 0.2) is 54.6 Å². The lowest BCUT2D eigenvalue weighted by Crippen LogP contribution is -2.20. The molecule has 1 aromatic heterocycles. The minimum atomic E-state index is -0.826. The number of nitrogens with zero attached hydrogens (tertiary/aromatic N) is 3. The molecule has 32 heavy (non-hydrogen) atoms. The van der Waals surface area contributed by atoms with Gasteiger partial charge in [-0.05, 0) is 44.2 Å². The second-order valence-electron chi connectivity index (χ2n) is 6.74. The van der Waals surface area contributed by atoms with Crippen molar-refractivity contribution in [1.29, 1.82) is 0 Å². The molecule has 1 N–H and O–H groups in total. The highest BCUT2D eigenvalue weighted by Gasteiger charge is 2.17. The first kappa shape index (κ1) is 22.3. The molecule has 1 heterocycles. The van der Waals surface area contributed by atoms with Crippen LogP contribution in [0.3, 0.4) is 0 Å². The Labute approximate surface area is 182 Å². The first-order chi connectivity index (χ1) is 15.3. The maximum atomic E-state index is 13.2. The number of esters is 1. The van der Waals surface area contributed by atoms with Gasteiger partial charge in [0.05, 0.1) is 22.4 Å². The predicted octanol–water partition coefficient (Wildman–Crippen LogP) is 3.73. The van der Waals surface area contributed by atoms with Crippen LogP contribution in [-0.4, -0.2) is 33.2 Å². The third kappa shape index (κ3) is 5.22. The van der Waals surface area contributed by atoms with Crippen LogP contribution in [0.5, 0.6) is 0 Å². The van der Waals surface area contributed by atoms with Gasteiger partial charge in [-0.25, -0.2) is 13.9 Å². The standard InChI is InChI=1S/C22H19FN4O5/c1-14-18(15(2)26(25-14)17-6-4-3-5-7-17)9-11-22(29)32-13-21(28)24-19-10-8-16(23)12-20(19)27(30)31/h3-12H,13H2,1-2H3,(H,24,28). The van der Waals surface area contributed by atoms with Gasteiger partial charge in [0.25, 0.3) is 11.6 Å². The second-order valence-corrected chi connectivity index (χ2v) is 6.74. The zero-order chi connectivity index (χ0) is 23.3. The summed E-state index contributed by atoms with van der Waals surface area (Å²) in [4.78, 5) is 34.1. The number of nitro benzene ring substituents is 1. The molecule has 0 fully saturated rings. The zero-order valence-electron chi connectivity index (χ0n) is 17.2. The zero-order valence-corrected chi connectivity index (χ0v) is 17.2. The van der Waals surface area contributed by atoms with Gasteiger partial charge in [0.2, 0.25) is 0 Å². The molecule has 10 heteroatoms. The number of aromatic nitrogens is 2. The van der Waals surface area contributed by atoms with Crippen LogP contribution < -0.4 is 5.32 Å². The van der Waals surface area contributed by atoms with Crippen molar-refractivity contribution in [3.05, 3.63) is 87.5 Å². The van der Waals surface area contributed by atoms with E-state index in [2.05, 4.69) is 10.4 Å². The number of anilines is 1. The summed E-state index contributed by atoms with van der Waals surface area (Å²) in [6, 6.07) is 12.2. The number of carbonyl (C=O) groups excluding carboxylic acids is 2. The fourth-order valence-electron chi connectivity index (χ4n) is 3.00. The highest BCUT2D eigenvalue weighted by Crippen LogP contribution is 2.25. The van der Waals surface area contributed by atoms with Gasteiger partial charge in [0.15, 0.2) is 6.61 Å². The largest absolute Gasteiger partial charge is 0.452 e. The van der Waals surface area contributed by atoms with Crippen LogP contribution >= 0.6 is 0 Å². The average molecular weight is 438 g/mol. The molecule has 164 valence electrons. The highest BCUT2D eigenvalue weighted by atomic mass is 19.1. The summed E-state index contributed by atoms with van der Waals surface area (Å²) in [7, 11) is 0. The molecule has 3 aromatic rings. The summed E-state index contributed by atoms with van der Waals surface area (Å²) < 4.78 is 19.8. The highest BCUT2D eigenvalue weighted by molar-refractivity contribution is 5.96. The number of para-hydroxylation sites is 1. The number of carbonyl (C=O) groups is 2. The quantitative estimate of drug-likeness (QED) is 0.260. The molecular formula is C22H19FN4O5. The van der Waals surface area contributed by atoms with E-state index in [1.54, 1.807) is 17.7 Å². The number of nitrogens with one attached hydrogen (secondary N) is 1. The van der Waals surface area contributed by atoms with Gasteiger partial charge in [0.1, 0.15) is 11.5 Å². The van der Waals surface area contributed by atoms with Gasteiger partial charge < -0.3 is 10.1 Å². The van der Waals surface area contributed by atoms with Crippen LogP contribution in [0.4, 0.5) is 15.8 Å². The van der Waals surface area contributed by atoms with Gasteiger partial charge in [-0.1, -0.05) is 18.2 Å². The first-order valence-corrected chi connectivity index (χ1v) is 9.46. The molecule has 2 aromatic carbocycles. The Balaban J connectivity index is 1.62. The van der Waals surface area contributed by atoms with Crippen LogP contribution in [0.2, 0.25) is 0 Å². The van der Waals surface area contributed by atoms with Crippen LogP contribution in [0.1, 0.15) is 17.0 Å². The smallest absolute Gasteiger partial charge is 0.331 e. The van der Waals surface area contributed by atoms with Crippen LogP contribution in [0, 0.1) is 29.8 Å². The second kappa shape index (κ2) is 9.65. The van der Waals surface area contributed by atoms with E-state index in [0.29, 0.717) is 11.8 Å². The molecular weight excluding hydrogens is 419 g/mol. The van der Waals surface area contributed by atoms with Gasteiger partial charge in [-0.3, -0.25) is 14.9 Å². The fourth-order valence-corrected chi connectivity index (χ4v) is 3.00. The first-order valence-electron chi connectivity index (χ1n) is 9.46. The van der Waals surface area contributed by atoms with Crippen LogP contribution in [0.25, 0.3) is 11.8 Å². The number of rotatable bonds is 7. The summed E-state index contributed by atoms with van der Waals surface area (Å²) >= 11 is 0. The number of hydrogen-bond donors (Lipinski definition) is 1. The van der Waals surface area contributed by atoms with E-state index in [4.69, 9.17) is 4.74 Å². The Bertz CT molecular complexity index is 1200. The van der Waals surface area contributed by atoms with E-state index < -0.39 is 34.9 Å². The predicted molar refractivity (Wildman–Crippen MR) is 115 cm³/mol.